The van der Waals surface area contributed by atoms with Crippen molar-refractivity contribution in [2.45, 2.75) is 19.4 Å². The number of para-hydroxylation sites is 2. The maximum atomic E-state index is 12.6. The second kappa shape index (κ2) is 8.66. The molecule has 3 amide bonds. The Kier molecular flexibility index (Phi) is 6.32. The van der Waals surface area contributed by atoms with Gasteiger partial charge in [0.05, 0.1) is 18.4 Å². The maximum absolute atomic E-state index is 12.6. The number of amides is 3. The van der Waals surface area contributed by atoms with Gasteiger partial charge >= 0.3 is 0 Å². The predicted molar refractivity (Wildman–Crippen MR) is 97.9 cm³/mol. The zero-order valence-corrected chi connectivity index (χ0v) is 14.6. The Morgan fingerprint density at radius 3 is 2.38 bits per heavy atom. The lowest BCUT2D eigenvalue weighted by molar-refractivity contribution is -0.119. The summed E-state index contributed by atoms with van der Waals surface area (Å²) in [6, 6.07) is 12.8. The second-order valence-electron chi connectivity index (χ2n) is 5.67. The van der Waals surface area contributed by atoms with E-state index in [1.165, 1.54) is 14.0 Å². The van der Waals surface area contributed by atoms with Crippen LogP contribution in [0.3, 0.4) is 0 Å². The number of carbonyl (C=O) groups excluding carboxylic acids is 3. The van der Waals surface area contributed by atoms with Gasteiger partial charge in [-0.3, -0.25) is 14.4 Å². The number of ether oxygens (including phenoxy) is 1. The Bertz CT molecular complexity index is 820. The van der Waals surface area contributed by atoms with Crippen LogP contribution in [-0.4, -0.2) is 30.9 Å². The summed E-state index contributed by atoms with van der Waals surface area (Å²) in [5, 5.41) is 5.21. The molecule has 0 aliphatic heterocycles. The molecule has 4 N–H and O–H groups in total. The number of nitrogens with two attached hydrogens (primary N) is 1. The number of anilines is 1. The summed E-state index contributed by atoms with van der Waals surface area (Å²) in [6.45, 7) is 1.35. The number of methoxy groups -OCH3 is 1. The van der Waals surface area contributed by atoms with Crippen molar-refractivity contribution in [1.82, 2.24) is 5.32 Å². The third kappa shape index (κ3) is 4.83. The van der Waals surface area contributed by atoms with Crippen LogP contribution in [0.2, 0.25) is 0 Å². The molecule has 0 aromatic heterocycles. The fourth-order valence-electron chi connectivity index (χ4n) is 2.53. The molecule has 7 nitrogen and oxygen atoms in total. The summed E-state index contributed by atoms with van der Waals surface area (Å²) < 4.78 is 5.27. The van der Waals surface area contributed by atoms with Crippen LogP contribution in [-0.2, 0) is 16.0 Å². The number of carbonyl (C=O) groups is 3. The molecule has 0 unspecified atom stereocenters. The molecule has 0 bridgehead atoms. The number of primary amides is 1. The van der Waals surface area contributed by atoms with Crippen molar-refractivity contribution >= 4 is 23.4 Å². The Labute approximate surface area is 151 Å². The number of nitrogens with one attached hydrogen (secondary N) is 2. The van der Waals surface area contributed by atoms with Crippen molar-refractivity contribution in [3.63, 3.8) is 0 Å². The topological polar surface area (TPSA) is 111 Å². The van der Waals surface area contributed by atoms with Crippen LogP contribution in [0.5, 0.6) is 5.75 Å². The fourth-order valence-corrected chi connectivity index (χ4v) is 2.53. The lowest BCUT2D eigenvalue weighted by Gasteiger charge is -2.18. The molecule has 1 atom stereocenters. The summed E-state index contributed by atoms with van der Waals surface area (Å²) >= 11 is 0. The zero-order chi connectivity index (χ0) is 19.1. The van der Waals surface area contributed by atoms with E-state index in [2.05, 4.69) is 10.6 Å². The lowest BCUT2D eigenvalue weighted by atomic mass is 10.0. The Balaban J connectivity index is 2.21. The van der Waals surface area contributed by atoms with Gasteiger partial charge in [0.2, 0.25) is 11.8 Å². The first-order valence-electron chi connectivity index (χ1n) is 8.01. The van der Waals surface area contributed by atoms with E-state index in [-0.39, 0.29) is 17.9 Å². The van der Waals surface area contributed by atoms with Gasteiger partial charge in [-0.2, -0.15) is 0 Å². The number of rotatable bonds is 7. The van der Waals surface area contributed by atoms with E-state index >= 15 is 0 Å². The van der Waals surface area contributed by atoms with Crippen LogP contribution in [0, 0.1) is 0 Å². The van der Waals surface area contributed by atoms with Crippen molar-refractivity contribution in [2.75, 3.05) is 12.4 Å². The Hall–Kier alpha value is -3.35. The second-order valence-corrected chi connectivity index (χ2v) is 5.67. The number of benzene rings is 2. The average Bonchev–Trinajstić information content (AvgIpc) is 2.61. The van der Waals surface area contributed by atoms with Gasteiger partial charge in [-0.05, 0) is 23.8 Å². The van der Waals surface area contributed by atoms with Gasteiger partial charge in [0.15, 0.2) is 0 Å². The van der Waals surface area contributed by atoms with E-state index in [1.807, 2.05) is 12.1 Å². The molecular formula is C19H21N3O4. The van der Waals surface area contributed by atoms with Crippen LogP contribution < -0.4 is 21.1 Å². The van der Waals surface area contributed by atoms with Crippen LogP contribution >= 0.6 is 0 Å². The molecule has 7 heteroatoms. The first kappa shape index (κ1) is 19.0. The molecule has 26 heavy (non-hydrogen) atoms. The maximum Gasteiger partial charge on any atom is 0.254 e. The van der Waals surface area contributed by atoms with Gasteiger partial charge in [-0.1, -0.05) is 30.3 Å². The third-order valence-corrected chi connectivity index (χ3v) is 3.75. The zero-order valence-electron chi connectivity index (χ0n) is 14.6. The Morgan fingerprint density at radius 1 is 1.08 bits per heavy atom. The quantitative estimate of drug-likeness (QED) is 0.698. The number of hydrogen-bond acceptors (Lipinski definition) is 4. The van der Waals surface area contributed by atoms with E-state index < -0.39 is 17.9 Å². The van der Waals surface area contributed by atoms with E-state index in [4.69, 9.17) is 10.5 Å². The van der Waals surface area contributed by atoms with Crippen molar-refractivity contribution in [3.8, 4) is 5.75 Å². The third-order valence-electron chi connectivity index (χ3n) is 3.75. The van der Waals surface area contributed by atoms with Gasteiger partial charge in [0.1, 0.15) is 11.8 Å². The fraction of sp³-hybridized carbons (Fsp3) is 0.211. The molecule has 136 valence electrons. The molecule has 0 spiro atoms. The highest BCUT2D eigenvalue weighted by atomic mass is 16.5. The summed E-state index contributed by atoms with van der Waals surface area (Å²) in [4.78, 5) is 35.7. The van der Waals surface area contributed by atoms with Crippen molar-refractivity contribution in [3.05, 3.63) is 59.7 Å². The average molecular weight is 355 g/mol. The van der Waals surface area contributed by atoms with Gasteiger partial charge in [-0.15, -0.1) is 0 Å². The van der Waals surface area contributed by atoms with Gasteiger partial charge < -0.3 is 21.1 Å². The number of hydrogen-bond donors (Lipinski definition) is 3. The molecule has 0 aliphatic carbocycles. The highest BCUT2D eigenvalue weighted by Crippen LogP contribution is 2.20. The summed E-state index contributed by atoms with van der Waals surface area (Å²) in [5.41, 5.74) is 6.81. The van der Waals surface area contributed by atoms with Crippen molar-refractivity contribution in [2.24, 2.45) is 5.73 Å². The molecule has 0 saturated heterocycles. The van der Waals surface area contributed by atoms with Crippen LogP contribution in [0.15, 0.2) is 48.5 Å². The molecule has 0 heterocycles. The highest BCUT2D eigenvalue weighted by molar-refractivity contribution is 6.04. The minimum absolute atomic E-state index is 0.188. The minimum Gasteiger partial charge on any atom is -0.496 e. The van der Waals surface area contributed by atoms with Gasteiger partial charge in [0.25, 0.3) is 5.91 Å². The van der Waals surface area contributed by atoms with E-state index in [0.717, 1.165) is 5.56 Å². The Morgan fingerprint density at radius 2 is 1.73 bits per heavy atom. The van der Waals surface area contributed by atoms with E-state index in [9.17, 15) is 14.4 Å². The summed E-state index contributed by atoms with van der Waals surface area (Å²) in [7, 11) is 1.53. The molecule has 0 fully saturated rings. The standard InChI is InChI=1S/C19H21N3O4/c1-12(23)21-15-9-5-4-8-14(15)19(25)22-16(18(20)24)11-13-7-3-6-10-17(13)26-2/h3-10,16H,11H2,1-2H3,(H2,20,24)(H,21,23)(H,22,25)/t16-/m1/s1. The van der Waals surface area contributed by atoms with Crippen LogP contribution in [0.1, 0.15) is 22.8 Å². The van der Waals surface area contributed by atoms with E-state index in [1.54, 1.807) is 36.4 Å². The first-order chi connectivity index (χ1) is 12.4. The molecular weight excluding hydrogens is 334 g/mol. The van der Waals surface area contributed by atoms with Gasteiger partial charge in [-0.25, -0.2) is 0 Å². The lowest BCUT2D eigenvalue weighted by Crippen LogP contribution is -2.46. The molecule has 0 radical (unpaired) electrons. The molecule has 2 aromatic carbocycles. The van der Waals surface area contributed by atoms with Crippen molar-refractivity contribution < 1.29 is 19.1 Å². The molecule has 0 aliphatic rings. The van der Waals surface area contributed by atoms with E-state index in [0.29, 0.717) is 11.4 Å². The first-order valence-corrected chi connectivity index (χ1v) is 8.01. The largest absolute Gasteiger partial charge is 0.496 e. The monoisotopic (exact) mass is 355 g/mol. The SMILES string of the molecule is COc1ccccc1C[C@@H](NC(=O)c1ccccc1NC(C)=O)C(N)=O. The van der Waals surface area contributed by atoms with Crippen LogP contribution in [0.4, 0.5) is 5.69 Å². The molecule has 0 saturated carbocycles. The highest BCUT2D eigenvalue weighted by Gasteiger charge is 2.22. The molecule has 2 rings (SSSR count). The minimum atomic E-state index is -0.927. The summed E-state index contributed by atoms with van der Waals surface area (Å²) in [6.07, 6.45) is 0.188. The summed E-state index contributed by atoms with van der Waals surface area (Å²) in [5.74, 6) is -0.869. The van der Waals surface area contributed by atoms with Crippen LogP contribution in [0.25, 0.3) is 0 Å². The van der Waals surface area contributed by atoms with Gasteiger partial charge in [0, 0.05) is 13.3 Å². The van der Waals surface area contributed by atoms with Crippen molar-refractivity contribution in [1.29, 1.82) is 0 Å². The smallest absolute Gasteiger partial charge is 0.254 e. The molecule has 2 aromatic rings. The normalized spacial score (nSPS) is 11.3. The predicted octanol–water partition coefficient (Wildman–Crippen LogP) is 1.48.